The van der Waals surface area contributed by atoms with Gasteiger partial charge in [0.1, 0.15) is 0 Å². The number of nitrogens with one attached hydrogen (secondary N) is 4. The number of hydrogen-bond donors (Lipinski definition) is 4. The molecule has 0 atom stereocenters. The van der Waals surface area contributed by atoms with Gasteiger partial charge in [-0.3, -0.25) is 19.2 Å². The van der Waals surface area contributed by atoms with Crippen molar-refractivity contribution in [2.45, 2.75) is 0 Å². The highest BCUT2D eigenvalue weighted by Gasteiger charge is 2.20. The molecule has 0 aliphatic carbocycles. The lowest BCUT2D eigenvalue weighted by Gasteiger charge is -2.01. The molecule has 0 fully saturated rings. The van der Waals surface area contributed by atoms with Crippen LogP contribution in [0.5, 0.6) is 0 Å². The third kappa shape index (κ3) is 1.94. The van der Waals surface area contributed by atoms with Gasteiger partial charge in [-0.15, -0.1) is 0 Å². The van der Waals surface area contributed by atoms with Crippen LogP contribution in [0.25, 0.3) is 76.5 Å². The SMILES string of the molecule is O=c1cc2[nH]c3c4ccc5c6[nH]c7cc(=O)c(=O)cc7[nH]c6c6ccc(c3[nH]c2cc1=O)c4c56. The summed E-state index contributed by atoms with van der Waals surface area (Å²) < 4.78 is 0. The molecule has 8 rings (SSSR count). The number of benzene rings is 4. The standard InChI is InChI=1S/C26H12N4O4/c31-17-5-13-14(6-18(17)32)29-25-11-3-4-12-22-10(2-1-9(21(11)22)23(25)27-13)24-26(12)30-16-8-20(34)19(33)7-15(16)28-24/h1-8,27-30H. The van der Waals surface area contributed by atoms with Gasteiger partial charge in [0.05, 0.1) is 44.1 Å². The lowest BCUT2D eigenvalue weighted by molar-refractivity contribution is 1.38. The molecule has 8 nitrogen and oxygen atoms in total. The average Bonchev–Trinajstić information content (AvgIpc) is 3.29. The Bertz CT molecular complexity index is 2090. The summed E-state index contributed by atoms with van der Waals surface area (Å²) in [5.74, 6) is 0. The van der Waals surface area contributed by atoms with E-state index in [1.165, 1.54) is 24.3 Å². The van der Waals surface area contributed by atoms with Crippen LogP contribution in [0.2, 0.25) is 0 Å². The zero-order valence-electron chi connectivity index (χ0n) is 17.3. The minimum Gasteiger partial charge on any atom is -0.351 e. The van der Waals surface area contributed by atoms with Crippen molar-refractivity contribution in [3.8, 4) is 0 Å². The van der Waals surface area contributed by atoms with E-state index in [-0.39, 0.29) is 0 Å². The number of fused-ring (bicyclic) bond motifs is 8. The van der Waals surface area contributed by atoms with Gasteiger partial charge in [-0.05, 0) is 0 Å². The number of hydrogen-bond acceptors (Lipinski definition) is 4. The summed E-state index contributed by atoms with van der Waals surface area (Å²) in [4.78, 5) is 61.0. The van der Waals surface area contributed by atoms with Crippen LogP contribution in [0.1, 0.15) is 0 Å². The fourth-order valence-corrected chi connectivity index (χ4v) is 5.46. The lowest BCUT2D eigenvalue weighted by atomic mass is 10.0. The van der Waals surface area contributed by atoms with Crippen LogP contribution in [0.15, 0.2) is 67.7 Å². The van der Waals surface area contributed by atoms with Gasteiger partial charge in [-0.2, -0.15) is 0 Å². The van der Waals surface area contributed by atoms with E-state index >= 15 is 0 Å². The zero-order chi connectivity index (χ0) is 22.9. The van der Waals surface area contributed by atoms with Crippen molar-refractivity contribution >= 4 is 76.5 Å². The summed E-state index contributed by atoms with van der Waals surface area (Å²) in [5.41, 5.74) is 3.49. The van der Waals surface area contributed by atoms with E-state index in [1.54, 1.807) is 0 Å². The maximum atomic E-state index is 11.9. The summed E-state index contributed by atoms with van der Waals surface area (Å²) in [6, 6.07) is 13.4. The Morgan fingerprint density at radius 3 is 0.853 bits per heavy atom. The predicted octanol–water partition coefficient (Wildman–Crippen LogP) is 3.39. The quantitative estimate of drug-likeness (QED) is 0.267. The third-order valence-electron chi connectivity index (χ3n) is 6.94. The molecule has 8 heteroatoms. The van der Waals surface area contributed by atoms with Gasteiger partial charge in [0.2, 0.25) is 21.7 Å². The molecular weight excluding hydrogens is 432 g/mol. The summed E-state index contributed by atoms with van der Waals surface area (Å²) in [6.07, 6.45) is 0. The largest absolute Gasteiger partial charge is 0.351 e. The molecule has 0 amide bonds. The zero-order valence-corrected chi connectivity index (χ0v) is 17.3. The van der Waals surface area contributed by atoms with Gasteiger partial charge < -0.3 is 19.9 Å². The van der Waals surface area contributed by atoms with E-state index in [0.717, 1.165) is 54.4 Å². The van der Waals surface area contributed by atoms with Crippen LogP contribution in [0, 0.1) is 0 Å². The molecule has 0 radical (unpaired) electrons. The first kappa shape index (κ1) is 17.6. The molecule has 4 N–H and O–H groups in total. The summed E-state index contributed by atoms with van der Waals surface area (Å²) in [6.45, 7) is 0. The van der Waals surface area contributed by atoms with Crippen LogP contribution in [-0.2, 0) is 0 Å². The highest BCUT2D eigenvalue weighted by atomic mass is 16.2. The van der Waals surface area contributed by atoms with Gasteiger partial charge in [0.15, 0.2) is 0 Å². The van der Waals surface area contributed by atoms with E-state index in [1.807, 2.05) is 24.3 Å². The molecule has 0 unspecified atom stereocenters. The Kier molecular flexibility index (Phi) is 2.84. The van der Waals surface area contributed by atoms with Gasteiger partial charge in [-0.25, -0.2) is 0 Å². The van der Waals surface area contributed by atoms with Crippen molar-refractivity contribution in [1.29, 1.82) is 0 Å². The first-order valence-corrected chi connectivity index (χ1v) is 10.7. The highest BCUT2D eigenvalue weighted by molar-refractivity contribution is 6.40. The molecule has 34 heavy (non-hydrogen) atoms. The minimum atomic E-state index is -0.552. The molecule has 0 aliphatic rings. The van der Waals surface area contributed by atoms with Crippen LogP contribution in [0.3, 0.4) is 0 Å². The summed E-state index contributed by atoms with van der Waals surface area (Å²) in [5, 5.41) is 6.06. The Morgan fingerprint density at radius 2 is 0.618 bits per heavy atom. The molecule has 2 aromatic heterocycles. The summed E-state index contributed by atoms with van der Waals surface area (Å²) in [7, 11) is 0. The molecule has 6 aromatic carbocycles. The number of rotatable bonds is 0. The van der Waals surface area contributed by atoms with E-state index < -0.39 is 21.7 Å². The first-order chi connectivity index (χ1) is 16.5. The van der Waals surface area contributed by atoms with Crippen LogP contribution in [-0.4, -0.2) is 19.9 Å². The van der Waals surface area contributed by atoms with Gasteiger partial charge in [0.25, 0.3) is 0 Å². The number of H-pyrrole nitrogens is 4. The van der Waals surface area contributed by atoms with E-state index in [9.17, 15) is 19.2 Å². The Hall–Kier alpha value is -4.98. The first-order valence-electron chi connectivity index (χ1n) is 10.7. The fourth-order valence-electron chi connectivity index (χ4n) is 5.46. The van der Waals surface area contributed by atoms with E-state index in [0.29, 0.717) is 22.1 Å². The Balaban J connectivity index is 1.62. The Morgan fingerprint density at radius 1 is 0.382 bits per heavy atom. The molecule has 8 aromatic rings. The minimum absolute atomic E-state index is 0.552. The molecule has 0 bridgehead atoms. The fraction of sp³-hybridized carbons (Fsp3) is 0. The number of aromatic amines is 4. The van der Waals surface area contributed by atoms with Crippen LogP contribution < -0.4 is 21.7 Å². The molecular formula is C26H12N4O4. The van der Waals surface area contributed by atoms with Crippen molar-refractivity contribution in [2.75, 3.05) is 0 Å². The van der Waals surface area contributed by atoms with E-state index in [2.05, 4.69) is 19.9 Å². The molecule has 2 heterocycles. The van der Waals surface area contributed by atoms with Crippen molar-refractivity contribution in [3.63, 3.8) is 0 Å². The molecule has 0 saturated heterocycles. The monoisotopic (exact) mass is 444 g/mol. The van der Waals surface area contributed by atoms with E-state index in [4.69, 9.17) is 0 Å². The highest BCUT2D eigenvalue weighted by Crippen LogP contribution is 2.45. The topological polar surface area (TPSA) is 131 Å². The Labute approximate surface area is 186 Å². The van der Waals surface area contributed by atoms with Crippen LogP contribution >= 0.6 is 0 Å². The maximum absolute atomic E-state index is 11.9. The predicted molar refractivity (Wildman–Crippen MR) is 134 cm³/mol. The number of aromatic nitrogens is 4. The maximum Gasteiger partial charge on any atom is 0.227 e. The summed E-state index contributed by atoms with van der Waals surface area (Å²) >= 11 is 0. The molecule has 0 aliphatic heterocycles. The van der Waals surface area contributed by atoms with Crippen LogP contribution in [0.4, 0.5) is 0 Å². The van der Waals surface area contributed by atoms with Gasteiger partial charge in [-0.1, -0.05) is 24.3 Å². The normalized spacial score (nSPS) is 12.6. The van der Waals surface area contributed by atoms with Crippen molar-refractivity contribution in [3.05, 3.63) is 89.4 Å². The van der Waals surface area contributed by atoms with Gasteiger partial charge in [0, 0.05) is 56.6 Å². The van der Waals surface area contributed by atoms with Crippen molar-refractivity contribution < 1.29 is 0 Å². The lowest BCUT2D eigenvalue weighted by Crippen LogP contribution is -2.21. The second-order valence-corrected chi connectivity index (χ2v) is 8.76. The smallest absolute Gasteiger partial charge is 0.227 e. The molecule has 0 spiro atoms. The average molecular weight is 444 g/mol. The molecule has 0 saturated carbocycles. The second kappa shape index (κ2) is 5.49. The van der Waals surface area contributed by atoms with Crippen molar-refractivity contribution in [2.24, 2.45) is 0 Å². The third-order valence-corrected chi connectivity index (χ3v) is 6.94. The van der Waals surface area contributed by atoms with Crippen molar-refractivity contribution in [1.82, 2.24) is 19.9 Å². The molecule has 160 valence electrons. The second-order valence-electron chi connectivity index (χ2n) is 8.76. The van der Waals surface area contributed by atoms with Gasteiger partial charge >= 0.3 is 0 Å².